The molecule has 19 heavy (non-hydrogen) atoms. The highest BCUT2D eigenvalue weighted by Gasteiger charge is 2.02. The van der Waals surface area contributed by atoms with E-state index >= 15 is 0 Å². The lowest BCUT2D eigenvalue weighted by molar-refractivity contribution is -0.145. The van der Waals surface area contributed by atoms with Crippen LogP contribution in [0.3, 0.4) is 0 Å². The molecule has 1 aromatic carbocycles. The monoisotopic (exact) mass is 261 g/mol. The molecule has 0 radical (unpaired) electrons. The topological polar surface area (TPSA) is 52.3 Å². The molecule has 0 aliphatic heterocycles. The maximum absolute atomic E-state index is 11.5. The van der Waals surface area contributed by atoms with E-state index in [4.69, 9.17) is 10.5 Å². The van der Waals surface area contributed by atoms with Crippen molar-refractivity contribution in [1.82, 2.24) is 0 Å². The molecule has 3 nitrogen and oxygen atoms in total. The van der Waals surface area contributed by atoms with Crippen molar-refractivity contribution in [2.75, 3.05) is 6.54 Å². The summed E-state index contributed by atoms with van der Waals surface area (Å²) in [4.78, 5) is 11.5. The van der Waals surface area contributed by atoms with Crippen LogP contribution in [0.1, 0.15) is 37.7 Å². The van der Waals surface area contributed by atoms with E-state index in [2.05, 4.69) is 6.08 Å². The van der Waals surface area contributed by atoms with Crippen molar-refractivity contribution < 1.29 is 9.53 Å². The lowest BCUT2D eigenvalue weighted by Crippen LogP contribution is -2.04. The zero-order chi connectivity index (χ0) is 13.8. The van der Waals surface area contributed by atoms with Gasteiger partial charge in [-0.25, -0.2) is 0 Å². The van der Waals surface area contributed by atoms with Crippen LogP contribution in [0.5, 0.6) is 0 Å². The lowest BCUT2D eigenvalue weighted by Gasteiger charge is -2.04. The molecule has 0 spiro atoms. The smallest absolute Gasteiger partial charge is 0.306 e. The molecule has 0 saturated heterocycles. The second kappa shape index (κ2) is 10.3. The second-order valence-electron chi connectivity index (χ2n) is 4.45. The van der Waals surface area contributed by atoms with Gasteiger partial charge in [0.25, 0.3) is 0 Å². The SMILES string of the molecule is NC/C=C\CCCCCC(=O)OCc1ccccc1. The van der Waals surface area contributed by atoms with Gasteiger partial charge >= 0.3 is 5.97 Å². The number of hydrogen-bond donors (Lipinski definition) is 1. The standard InChI is InChI=1S/C16H23NO2/c17-13-9-4-2-1-3-8-12-16(18)19-14-15-10-6-5-7-11-15/h4-7,9-11H,1-3,8,12-14,17H2/b9-4-. The number of nitrogens with two attached hydrogens (primary N) is 1. The number of benzene rings is 1. The van der Waals surface area contributed by atoms with Crippen molar-refractivity contribution in [3.05, 3.63) is 48.0 Å². The predicted molar refractivity (Wildman–Crippen MR) is 77.5 cm³/mol. The highest BCUT2D eigenvalue weighted by molar-refractivity contribution is 5.69. The number of hydrogen-bond acceptors (Lipinski definition) is 3. The van der Waals surface area contributed by atoms with Gasteiger partial charge in [0.15, 0.2) is 0 Å². The summed E-state index contributed by atoms with van der Waals surface area (Å²) in [7, 11) is 0. The Hall–Kier alpha value is -1.61. The van der Waals surface area contributed by atoms with Crippen LogP contribution in [-0.2, 0) is 16.1 Å². The molecule has 104 valence electrons. The normalized spacial score (nSPS) is 10.8. The predicted octanol–water partition coefficient (Wildman–Crippen LogP) is 3.20. The Bertz CT molecular complexity index is 374. The van der Waals surface area contributed by atoms with E-state index in [0.29, 0.717) is 19.6 Å². The Labute approximate surface area is 115 Å². The Morgan fingerprint density at radius 3 is 2.63 bits per heavy atom. The van der Waals surface area contributed by atoms with Crippen LogP contribution >= 0.6 is 0 Å². The summed E-state index contributed by atoms with van der Waals surface area (Å²) in [6.07, 6.45) is 8.65. The molecule has 1 aromatic rings. The maximum Gasteiger partial charge on any atom is 0.306 e. The van der Waals surface area contributed by atoms with Gasteiger partial charge in [0, 0.05) is 13.0 Å². The largest absolute Gasteiger partial charge is 0.461 e. The van der Waals surface area contributed by atoms with Gasteiger partial charge in [0.2, 0.25) is 0 Å². The van der Waals surface area contributed by atoms with Gasteiger partial charge in [-0.05, 0) is 24.8 Å². The molecular formula is C16H23NO2. The van der Waals surface area contributed by atoms with Crippen LogP contribution < -0.4 is 5.73 Å². The van der Waals surface area contributed by atoms with Gasteiger partial charge in [-0.3, -0.25) is 4.79 Å². The Balaban J connectivity index is 2.01. The first-order valence-electron chi connectivity index (χ1n) is 6.87. The van der Waals surface area contributed by atoms with Crippen LogP contribution in [0.15, 0.2) is 42.5 Å². The zero-order valence-corrected chi connectivity index (χ0v) is 11.4. The fraction of sp³-hybridized carbons (Fsp3) is 0.438. The number of unbranched alkanes of at least 4 members (excludes halogenated alkanes) is 3. The first-order valence-corrected chi connectivity index (χ1v) is 6.87. The van der Waals surface area contributed by atoms with Gasteiger partial charge in [0.1, 0.15) is 6.61 Å². The van der Waals surface area contributed by atoms with E-state index in [1.54, 1.807) is 0 Å². The van der Waals surface area contributed by atoms with E-state index in [1.807, 2.05) is 36.4 Å². The van der Waals surface area contributed by atoms with E-state index in [9.17, 15) is 4.79 Å². The number of carbonyl (C=O) groups is 1. The Kier molecular flexibility index (Phi) is 8.39. The lowest BCUT2D eigenvalue weighted by atomic mass is 10.1. The Morgan fingerprint density at radius 2 is 1.89 bits per heavy atom. The minimum atomic E-state index is -0.110. The van der Waals surface area contributed by atoms with Crippen molar-refractivity contribution >= 4 is 5.97 Å². The zero-order valence-electron chi connectivity index (χ0n) is 11.4. The molecule has 0 atom stereocenters. The summed E-state index contributed by atoms with van der Waals surface area (Å²) in [6.45, 7) is 0.977. The molecule has 0 aliphatic carbocycles. The molecule has 0 unspecified atom stereocenters. The Morgan fingerprint density at radius 1 is 1.11 bits per heavy atom. The number of carbonyl (C=O) groups excluding carboxylic acids is 1. The summed E-state index contributed by atoms with van der Waals surface area (Å²) < 4.78 is 5.20. The summed E-state index contributed by atoms with van der Waals surface area (Å²) in [5.74, 6) is -0.110. The van der Waals surface area contributed by atoms with Crippen molar-refractivity contribution in [2.24, 2.45) is 5.73 Å². The minimum absolute atomic E-state index is 0.110. The summed E-state index contributed by atoms with van der Waals surface area (Å²) >= 11 is 0. The summed E-state index contributed by atoms with van der Waals surface area (Å²) in [5, 5.41) is 0. The fourth-order valence-corrected chi connectivity index (χ4v) is 1.73. The molecule has 2 N–H and O–H groups in total. The first-order chi connectivity index (χ1) is 9.33. The molecular weight excluding hydrogens is 238 g/mol. The van der Waals surface area contributed by atoms with Crippen molar-refractivity contribution in [1.29, 1.82) is 0 Å². The maximum atomic E-state index is 11.5. The van der Waals surface area contributed by atoms with E-state index in [1.165, 1.54) is 0 Å². The molecule has 3 heteroatoms. The molecule has 0 amide bonds. The third-order valence-electron chi connectivity index (χ3n) is 2.80. The van der Waals surface area contributed by atoms with Gasteiger partial charge < -0.3 is 10.5 Å². The highest BCUT2D eigenvalue weighted by Crippen LogP contribution is 2.06. The second-order valence-corrected chi connectivity index (χ2v) is 4.45. The third-order valence-corrected chi connectivity index (χ3v) is 2.80. The molecule has 0 fully saturated rings. The average Bonchev–Trinajstić information content (AvgIpc) is 2.45. The van der Waals surface area contributed by atoms with E-state index < -0.39 is 0 Å². The number of ether oxygens (including phenoxy) is 1. The number of allylic oxidation sites excluding steroid dienone is 1. The number of esters is 1. The quantitative estimate of drug-likeness (QED) is 0.422. The summed E-state index contributed by atoms with van der Waals surface area (Å²) in [6, 6.07) is 9.74. The highest BCUT2D eigenvalue weighted by atomic mass is 16.5. The van der Waals surface area contributed by atoms with Crippen LogP contribution in [0.25, 0.3) is 0 Å². The van der Waals surface area contributed by atoms with Crippen LogP contribution in [0.2, 0.25) is 0 Å². The molecule has 0 aromatic heterocycles. The molecule has 1 rings (SSSR count). The van der Waals surface area contributed by atoms with Crippen LogP contribution in [-0.4, -0.2) is 12.5 Å². The summed E-state index contributed by atoms with van der Waals surface area (Å²) in [5.41, 5.74) is 6.37. The van der Waals surface area contributed by atoms with Crippen molar-refractivity contribution in [3.8, 4) is 0 Å². The van der Waals surface area contributed by atoms with Gasteiger partial charge in [-0.15, -0.1) is 0 Å². The first kappa shape index (κ1) is 15.4. The van der Waals surface area contributed by atoms with Crippen molar-refractivity contribution in [3.63, 3.8) is 0 Å². The molecule has 0 bridgehead atoms. The van der Waals surface area contributed by atoms with Crippen molar-refractivity contribution in [2.45, 2.75) is 38.7 Å². The van der Waals surface area contributed by atoms with Crippen LogP contribution in [0.4, 0.5) is 0 Å². The van der Waals surface area contributed by atoms with Gasteiger partial charge in [-0.2, -0.15) is 0 Å². The molecule has 0 heterocycles. The van der Waals surface area contributed by atoms with E-state index in [0.717, 1.165) is 31.2 Å². The molecule has 0 aliphatic rings. The fourth-order valence-electron chi connectivity index (χ4n) is 1.73. The van der Waals surface area contributed by atoms with Gasteiger partial charge in [-0.1, -0.05) is 48.9 Å². The number of rotatable bonds is 9. The average molecular weight is 261 g/mol. The van der Waals surface area contributed by atoms with E-state index in [-0.39, 0.29) is 5.97 Å². The van der Waals surface area contributed by atoms with Crippen LogP contribution in [0, 0.1) is 0 Å². The van der Waals surface area contributed by atoms with Gasteiger partial charge in [0.05, 0.1) is 0 Å². The molecule has 0 saturated carbocycles. The minimum Gasteiger partial charge on any atom is -0.461 e. The third kappa shape index (κ3) is 8.16.